The molecule has 0 aromatic heterocycles. The van der Waals surface area contributed by atoms with Gasteiger partial charge in [-0.1, -0.05) is 42.8 Å². The van der Waals surface area contributed by atoms with Crippen molar-refractivity contribution < 1.29 is 18.3 Å². The summed E-state index contributed by atoms with van der Waals surface area (Å²) < 4.78 is 27.7. The van der Waals surface area contributed by atoms with Crippen molar-refractivity contribution in [3.05, 3.63) is 28.7 Å². The molecular formula is C13H18BrNO4S. The molecule has 0 radical (unpaired) electrons. The van der Waals surface area contributed by atoms with Gasteiger partial charge in [-0.25, -0.2) is 13.1 Å². The second-order valence-electron chi connectivity index (χ2n) is 5.60. The number of aliphatic carboxylic acids is 1. The van der Waals surface area contributed by atoms with Crippen molar-refractivity contribution in [2.75, 3.05) is 0 Å². The van der Waals surface area contributed by atoms with Crippen LogP contribution in [0, 0.1) is 5.41 Å². The van der Waals surface area contributed by atoms with Gasteiger partial charge in [-0.15, -0.1) is 0 Å². The number of hydrogen-bond donors (Lipinski definition) is 2. The lowest BCUT2D eigenvalue weighted by Crippen LogP contribution is -2.44. The SMILES string of the molecule is CC(C)(C)C(CC(=O)O)NS(=O)(=O)c1cccc(Br)c1. The molecule has 0 aliphatic carbocycles. The van der Waals surface area contributed by atoms with Gasteiger partial charge < -0.3 is 5.11 Å². The molecule has 0 aliphatic heterocycles. The highest BCUT2D eigenvalue weighted by molar-refractivity contribution is 9.10. The van der Waals surface area contributed by atoms with Gasteiger partial charge in [0.05, 0.1) is 11.3 Å². The summed E-state index contributed by atoms with van der Waals surface area (Å²) in [6, 6.07) is 5.58. The van der Waals surface area contributed by atoms with Crippen molar-refractivity contribution in [2.45, 2.75) is 38.1 Å². The molecule has 0 heterocycles. The lowest BCUT2D eigenvalue weighted by molar-refractivity contribution is -0.138. The summed E-state index contributed by atoms with van der Waals surface area (Å²) in [7, 11) is -3.75. The molecular weight excluding hydrogens is 346 g/mol. The summed E-state index contributed by atoms with van der Waals surface area (Å²) in [6.45, 7) is 5.39. The average Bonchev–Trinajstić information content (AvgIpc) is 2.26. The molecule has 0 spiro atoms. The van der Waals surface area contributed by atoms with Crippen LogP contribution in [0.4, 0.5) is 0 Å². The molecule has 0 saturated heterocycles. The van der Waals surface area contributed by atoms with Gasteiger partial charge in [0.2, 0.25) is 10.0 Å². The molecule has 2 N–H and O–H groups in total. The maximum absolute atomic E-state index is 12.3. The minimum Gasteiger partial charge on any atom is -0.481 e. The number of hydrogen-bond acceptors (Lipinski definition) is 3. The van der Waals surface area contributed by atoms with E-state index in [0.717, 1.165) is 0 Å². The van der Waals surface area contributed by atoms with Gasteiger partial charge in [0.15, 0.2) is 0 Å². The Balaban J connectivity index is 3.06. The third-order valence-corrected chi connectivity index (χ3v) is 4.79. The highest BCUT2D eigenvalue weighted by atomic mass is 79.9. The molecule has 1 aromatic carbocycles. The topological polar surface area (TPSA) is 83.5 Å². The fraction of sp³-hybridized carbons (Fsp3) is 0.462. The Labute approximate surface area is 127 Å². The van der Waals surface area contributed by atoms with Crippen molar-refractivity contribution in [2.24, 2.45) is 5.41 Å². The van der Waals surface area contributed by atoms with Crippen molar-refractivity contribution in [3.8, 4) is 0 Å². The van der Waals surface area contributed by atoms with Gasteiger partial charge in [0.25, 0.3) is 0 Å². The van der Waals surface area contributed by atoms with Gasteiger partial charge >= 0.3 is 5.97 Å². The van der Waals surface area contributed by atoms with Gasteiger partial charge in [-0.2, -0.15) is 0 Å². The fourth-order valence-corrected chi connectivity index (χ4v) is 3.63. The molecule has 0 fully saturated rings. The van der Waals surface area contributed by atoms with Gasteiger partial charge in [-0.05, 0) is 23.6 Å². The van der Waals surface area contributed by atoms with Crippen molar-refractivity contribution >= 4 is 31.9 Å². The molecule has 1 aromatic rings. The number of nitrogens with one attached hydrogen (secondary N) is 1. The lowest BCUT2D eigenvalue weighted by atomic mass is 9.85. The van der Waals surface area contributed by atoms with E-state index in [0.29, 0.717) is 4.47 Å². The number of carbonyl (C=O) groups is 1. The van der Waals surface area contributed by atoms with Crippen LogP contribution in [0.3, 0.4) is 0 Å². The summed E-state index contributed by atoms with van der Waals surface area (Å²) >= 11 is 3.21. The zero-order valence-corrected chi connectivity index (χ0v) is 14.0. The van der Waals surface area contributed by atoms with E-state index in [1.54, 1.807) is 32.9 Å². The van der Waals surface area contributed by atoms with E-state index in [-0.39, 0.29) is 11.3 Å². The maximum atomic E-state index is 12.3. The zero-order chi connectivity index (χ0) is 15.6. The van der Waals surface area contributed by atoms with Crippen LogP contribution in [0.5, 0.6) is 0 Å². The van der Waals surface area contributed by atoms with E-state index in [2.05, 4.69) is 20.7 Å². The minimum absolute atomic E-state index is 0.103. The summed E-state index contributed by atoms with van der Waals surface area (Å²) in [6.07, 6.45) is -0.267. The van der Waals surface area contributed by atoms with Crippen LogP contribution in [0.2, 0.25) is 0 Å². The maximum Gasteiger partial charge on any atom is 0.304 e. The van der Waals surface area contributed by atoms with E-state index in [9.17, 15) is 13.2 Å². The van der Waals surface area contributed by atoms with Crippen molar-refractivity contribution in [3.63, 3.8) is 0 Å². The first kappa shape index (κ1) is 17.1. The average molecular weight is 364 g/mol. The molecule has 0 bridgehead atoms. The van der Waals surface area contributed by atoms with Crippen LogP contribution in [-0.2, 0) is 14.8 Å². The summed E-state index contributed by atoms with van der Waals surface area (Å²) in [5.41, 5.74) is -0.503. The fourth-order valence-electron chi connectivity index (χ4n) is 1.59. The van der Waals surface area contributed by atoms with Crippen molar-refractivity contribution in [1.29, 1.82) is 0 Å². The smallest absolute Gasteiger partial charge is 0.304 e. The normalized spacial score (nSPS) is 14.0. The first-order valence-electron chi connectivity index (χ1n) is 6.02. The third-order valence-electron chi connectivity index (χ3n) is 2.83. The lowest BCUT2D eigenvalue weighted by Gasteiger charge is -2.30. The molecule has 1 unspecified atom stereocenters. The number of benzene rings is 1. The Bertz CT molecular complexity index is 593. The van der Waals surface area contributed by atoms with Crippen LogP contribution in [0.1, 0.15) is 27.2 Å². The standard InChI is InChI=1S/C13H18BrNO4S/c1-13(2,3)11(8-12(16)17)15-20(18,19)10-6-4-5-9(14)7-10/h4-7,11,15H,8H2,1-3H3,(H,16,17). The zero-order valence-electron chi connectivity index (χ0n) is 11.6. The van der Waals surface area contributed by atoms with E-state index in [1.165, 1.54) is 12.1 Å². The Morgan fingerprint density at radius 2 is 2.00 bits per heavy atom. The molecule has 5 nitrogen and oxygen atoms in total. The first-order valence-corrected chi connectivity index (χ1v) is 8.29. The Morgan fingerprint density at radius 3 is 2.45 bits per heavy atom. The van der Waals surface area contributed by atoms with Crippen molar-refractivity contribution in [1.82, 2.24) is 4.72 Å². The largest absolute Gasteiger partial charge is 0.481 e. The predicted molar refractivity (Wildman–Crippen MR) is 80.0 cm³/mol. The van der Waals surface area contributed by atoms with Gasteiger partial charge in [0, 0.05) is 10.5 Å². The highest BCUT2D eigenvalue weighted by Crippen LogP contribution is 2.24. The van der Waals surface area contributed by atoms with Gasteiger partial charge in [0.1, 0.15) is 0 Å². The van der Waals surface area contributed by atoms with Crippen LogP contribution in [0.25, 0.3) is 0 Å². The first-order chi connectivity index (χ1) is 9.02. The Hall–Kier alpha value is -0.920. The van der Waals surface area contributed by atoms with Crippen LogP contribution >= 0.6 is 15.9 Å². The van der Waals surface area contributed by atoms with E-state index in [1.807, 2.05) is 0 Å². The monoisotopic (exact) mass is 363 g/mol. The Kier molecular flexibility index (Phi) is 5.34. The molecule has 20 heavy (non-hydrogen) atoms. The van der Waals surface area contributed by atoms with E-state index in [4.69, 9.17) is 5.11 Å². The number of carboxylic acid groups (broad SMARTS) is 1. The van der Waals surface area contributed by atoms with E-state index >= 15 is 0 Å². The summed E-state index contributed by atoms with van der Waals surface area (Å²) in [5, 5.41) is 8.92. The summed E-state index contributed by atoms with van der Waals surface area (Å²) in [5.74, 6) is -1.04. The molecule has 0 aliphatic rings. The van der Waals surface area contributed by atoms with Crippen LogP contribution in [-0.4, -0.2) is 25.5 Å². The molecule has 0 amide bonds. The predicted octanol–water partition coefficient (Wildman–Crippen LogP) is 2.62. The molecule has 112 valence electrons. The molecule has 7 heteroatoms. The van der Waals surface area contributed by atoms with Crippen LogP contribution in [0.15, 0.2) is 33.6 Å². The Morgan fingerprint density at radius 1 is 1.40 bits per heavy atom. The number of halogens is 1. The number of sulfonamides is 1. The second-order valence-corrected chi connectivity index (χ2v) is 8.22. The van der Waals surface area contributed by atoms with Gasteiger partial charge in [-0.3, -0.25) is 4.79 Å². The quantitative estimate of drug-likeness (QED) is 0.841. The minimum atomic E-state index is -3.75. The van der Waals surface area contributed by atoms with E-state index < -0.39 is 27.4 Å². The molecule has 1 atom stereocenters. The van der Waals surface area contributed by atoms with Crippen LogP contribution < -0.4 is 4.72 Å². The number of rotatable bonds is 5. The summed E-state index contributed by atoms with van der Waals surface area (Å²) in [4.78, 5) is 11.0. The molecule has 1 rings (SSSR count). The highest BCUT2D eigenvalue weighted by Gasteiger charge is 2.31. The second kappa shape index (κ2) is 6.24. The molecule has 0 saturated carbocycles. The number of carboxylic acids is 1. The third kappa shape index (κ3) is 4.88.